The monoisotopic (exact) mass is 387 g/mol. The van der Waals surface area contributed by atoms with Gasteiger partial charge in [-0.15, -0.1) is 0 Å². The van der Waals surface area contributed by atoms with Gasteiger partial charge < -0.3 is 10.6 Å². The number of hydrogen-bond donors (Lipinski definition) is 3. The Labute approximate surface area is 166 Å². The molecule has 0 bridgehead atoms. The molecule has 2 fully saturated rings. The van der Waals surface area contributed by atoms with Crippen molar-refractivity contribution >= 4 is 17.8 Å². The maximum absolute atomic E-state index is 12.8. The van der Waals surface area contributed by atoms with Crippen molar-refractivity contribution < 1.29 is 19.7 Å². The van der Waals surface area contributed by atoms with Gasteiger partial charge in [0.05, 0.1) is 0 Å². The van der Waals surface area contributed by atoms with Crippen molar-refractivity contribution in [3.63, 3.8) is 0 Å². The highest BCUT2D eigenvalue weighted by atomic mass is 16.2. The number of imide groups is 1. The van der Waals surface area contributed by atoms with E-state index in [1.54, 1.807) is 0 Å². The van der Waals surface area contributed by atoms with Crippen LogP contribution in [0.3, 0.4) is 0 Å². The van der Waals surface area contributed by atoms with Crippen LogP contribution in [0.25, 0.3) is 0 Å². The van der Waals surface area contributed by atoms with Gasteiger partial charge in [0, 0.05) is 11.5 Å². The minimum absolute atomic E-state index is 0.126. The summed E-state index contributed by atoms with van der Waals surface area (Å²) in [5.74, 6) is 0.200. The minimum atomic E-state index is -0.842. The fourth-order valence-corrected chi connectivity index (χ4v) is 4.19. The van der Waals surface area contributed by atoms with E-state index in [4.69, 9.17) is 0 Å². The summed E-state index contributed by atoms with van der Waals surface area (Å²) in [7, 11) is 0. The number of benzene rings is 1. The second kappa shape index (κ2) is 8.31. The molecule has 0 unspecified atom stereocenters. The minimum Gasteiger partial charge on any atom is -0.332 e. The highest BCUT2D eigenvalue weighted by molar-refractivity contribution is 6.08. The molecule has 0 aromatic heterocycles. The van der Waals surface area contributed by atoms with Crippen LogP contribution in [0.1, 0.15) is 58.1 Å². The third-order valence-corrected chi connectivity index (χ3v) is 5.99. The summed E-state index contributed by atoms with van der Waals surface area (Å²) in [4.78, 5) is 37.6. The summed E-state index contributed by atoms with van der Waals surface area (Å²) < 4.78 is 0. The average Bonchev–Trinajstić information content (AvgIpc) is 2.89. The molecule has 3 rings (SSSR count). The van der Waals surface area contributed by atoms with E-state index in [1.165, 1.54) is 0 Å². The van der Waals surface area contributed by atoms with E-state index in [2.05, 4.69) is 31.5 Å². The van der Waals surface area contributed by atoms with Crippen LogP contribution < -0.4 is 16.1 Å². The van der Waals surface area contributed by atoms with Crippen molar-refractivity contribution in [3.05, 3.63) is 35.9 Å². The molecule has 1 aliphatic heterocycles. The standard InChI is InChI=1S/C21H30N4O3/c1-14(2)18(16-7-5-4-6-8-16)22-13-17(26)24-25-19(27)21(23-20(25)28)11-9-15(3)10-12-21/h4-8,14-15,18,22H,9-13H2,1-3H3,(H,23,28)(H,24,26)/p+1/t15?,18-,21?/m1/s1. The molecule has 1 aliphatic carbocycles. The molecule has 1 saturated heterocycles. The highest BCUT2D eigenvalue weighted by Crippen LogP contribution is 2.35. The van der Waals surface area contributed by atoms with E-state index < -0.39 is 11.6 Å². The van der Waals surface area contributed by atoms with Gasteiger partial charge in [-0.2, -0.15) is 5.01 Å². The number of quaternary nitrogens is 1. The third kappa shape index (κ3) is 4.19. The van der Waals surface area contributed by atoms with Gasteiger partial charge >= 0.3 is 6.03 Å². The van der Waals surface area contributed by atoms with Gasteiger partial charge in [0.15, 0.2) is 6.54 Å². The van der Waals surface area contributed by atoms with Crippen molar-refractivity contribution in [2.75, 3.05) is 6.54 Å². The average molecular weight is 388 g/mol. The van der Waals surface area contributed by atoms with Gasteiger partial charge in [-0.1, -0.05) is 51.1 Å². The first-order valence-electron chi connectivity index (χ1n) is 10.2. The van der Waals surface area contributed by atoms with E-state index in [0.29, 0.717) is 24.7 Å². The van der Waals surface area contributed by atoms with Crippen molar-refractivity contribution in [1.82, 2.24) is 15.8 Å². The summed E-state index contributed by atoms with van der Waals surface area (Å²) in [6, 6.07) is 9.62. The summed E-state index contributed by atoms with van der Waals surface area (Å²) in [6.07, 6.45) is 3.05. The molecular formula is C21H31N4O3+. The number of hydrazine groups is 1. The fraction of sp³-hybridized carbons (Fsp3) is 0.571. The van der Waals surface area contributed by atoms with Crippen LogP contribution in [0, 0.1) is 11.8 Å². The van der Waals surface area contributed by atoms with Crippen LogP contribution in [0.5, 0.6) is 0 Å². The largest absolute Gasteiger partial charge is 0.344 e. The molecule has 1 spiro atoms. The zero-order chi connectivity index (χ0) is 20.3. The Hall–Kier alpha value is -2.41. The summed E-state index contributed by atoms with van der Waals surface area (Å²) in [6.45, 7) is 6.51. The lowest BCUT2D eigenvalue weighted by atomic mass is 9.77. The fourth-order valence-electron chi connectivity index (χ4n) is 4.19. The SMILES string of the molecule is CC1CCC2(CC1)NC(=O)N(NC(=O)C[NH2+][C@@H](c1ccccc1)C(C)C)C2=O. The topological polar surface area (TPSA) is 95.1 Å². The Bertz CT molecular complexity index is 726. The lowest BCUT2D eigenvalue weighted by Gasteiger charge is -2.33. The molecular weight excluding hydrogens is 356 g/mol. The molecule has 7 nitrogen and oxygen atoms in total. The molecule has 4 amide bonds. The molecule has 1 heterocycles. The molecule has 0 radical (unpaired) electrons. The first kappa shape index (κ1) is 20.3. The molecule has 1 saturated carbocycles. The number of nitrogens with one attached hydrogen (secondary N) is 2. The number of nitrogens with zero attached hydrogens (tertiary/aromatic N) is 1. The molecule has 7 heteroatoms. The van der Waals surface area contributed by atoms with Crippen molar-refractivity contribution in [1.29, 1.82) is 0 Å². The normalized spacial score (nSPS) is 25.9. The molecule has 4 N–H and O–H groups in total. The molecule has 1 atom stereocenters. The van der Waals surface area contributed by atoms with Crippen molar-refractivity contribution in [2.24, 2.45) is 11.8 Å². The quantitative estimate of drug-likeness (QED) is 0.645. The Morgan fingerprint density at radius 2 is 1.89 bits per heavy atom. The first-order valence-corrected chi connectivity index (χ1v) is 10.2. The zero-order valence-corrected chi connectivity index (χ0v) is 16.9. The highest BCUT2D eigenvalue weighted by Gasteiger charge is 2.52. The summed E-state index contributed by atoms with van der Waals surface area (Å²) in [5.41, 5.74) is 2.82. The van der Waals surface area contributed by atoms with Crippen LogP contribution in [-0.2, 0) is 9.59 Å². The number of urea groups is 1. The number of nitrogens with two attached hydrogens (primary N) is 1. The van der Waals surface area contributed by atoms with Crippen LogP contribution in [0.4, 0.5) is 4.79 Å². The van der Waals surface area contributed by atoms with Gasteiger partial charge in [-0.25, -0.2) is 4.79 Å². The first-order chi connectivity index (χ1) is 13.3. The van der Waals surface area contributed by atoms with Crippen LogP contribution in [0.2, 0.25) is 0 Å². The van der Waals surface area contributed by atoms with Gasteiger partial charge in [-0.05, 0) is 31.6 Å². The second-order valence-electron chi connectivity index (χ2n) is 8.49. The van der Waals surface area contributed by atoms with Gasteiger partial charge in [0.1, 0.15) is 11.6 Å². The Balaban J connectivity index is 1.58. The number of carbonyl (C=O) groups is 3. The molecule has 28 heavy (non-hydrogen) atoms. The molecule has 2 aliphatic rings. The van der Waals surface area contributed by atoms with Crippen LogP contribution in [0.15, 0.2) is 30.3 Å². The maximum Gasteiger partial charge on any atom is 0.344 e. The summed E-state index contributed by atoms with van der Waals surface area (Å²) >= 11 is 0. The van der Waals surface area contributed by atoms with Gasteiger partial charge in [0.2, 0.25) is 0 Å². The number of amides is 4. The predicted molar refractivity (Wildman–Crippen MR) is 105 cm³/mol. The van der Waals surface area contributed by atoms with E-state index >= 15 is 0 Å². The molecule has 1 aromatic carbocycles. The smallest absolute Gasteiger partial charge is 0.332 e. The second-order valence-corrected chi connectivity index (χ2v) is 8.49. The lowest BCUT2D eigenvalue weighted by Crippen LogP contribution is -2.88. The van der Waals surface area contributed by atoms with E-state index in [1.807, 2.05) is 35.6 Å². The van der Waals surface area contributed by atoms with Gasteiger partial charge in [0.25, 0.3) is 11.8 Å². The van der Waals surface area contributed by atoms with Crippen LogP contribution >= 0.6 is 0 Å². The van der Waals surface area contributed by atoms with E-state index in [-0.39, 0.29) is 24.4 Å². The Kier molecular flexibility index (Phi) is 6.03. The molecule has 152 valence electrons. The molecule has 1 aromatic rings. The predicted octanol–water partition coefficient (Wildman–Crippen LogP) is 1.48. The zero-order valence-electron chi connectivity index (χ0n) is 16.9. The van der Waals surface area contributed by atoms with Crippen LogP contribution in [-0.4, -0.2) is 34.9 Å². The number of hydrogen-bond acceptors (Lipinski definition) is 3. The maximum atomic E-state index is 12.8. The lowest BCUT2D eigenvalue weighted by molar-refractivity contribution is -0.692. The number of rotatable bonds is 6. The third-order valence-electron chi connectivity index (χ3n) is 5.99. The van der Waals surface area contributed by atoms with Gasteiger partial charge in [-0.3, -0.25) is 15.0 Å². The van der Waals surface area contributed by atoms with Crippen molar-refractivity contribution in [3.8, 4) is 0 Å². The summed E-state index contributed by atoms with van der Waals surface area (Å²) in [5, 5.41) is 5.64. The number of carbonyl (C=O) groups excluding carboxylic acids is 3. The Morgan fingerprint density at radius 1 is 1.25 bits per heavy atom. The Morgan fingerprint density at radius 3 is 2.50 bits per heavy atom. The van der Waals surface area contributed by atoms with E-state index in [0.717, 1.165) is 23.4 Å². The van der Waals surface area contributed by atoms with E-state index in [9.17, 15) is 14.4 Å². The van der Waals surface area contributed by atoms with Crippen molar-refractivity contribution in [2.45, 2.75) is 58.0 Å².